The first kappa shape index (κ1) is 20.7. The molecule has 0 saturated carbocycles. The quantitative estimate of drug-likeness (QED) is 0.706. The summed E-state index contributed by atoms with van der Waals surface area (Å²) in [5.41, 5.74) is 1.24. The third-order valence-electron chi connectivity index (χ3n) is 6.17. The van der Waals surface area contributed by atoms with E-state index < -0.39 is 0 Å². The summed E-state index contributed by atoms with van der Waals surface area (Å²) in [7, 11) is 1.73. The molecule has 2 aromatic rings. The fraction of sp³-hybridized carbons (Fsp3) is 0.500. The van der Waals surface area contributed by atoms with Gasteiger partial charge in [0, 0.05) is 12.6 Å². The molecule has 1 atom stereocenters. The van der Waals surface area contributed by atoms with E-state index in [9.17, 15) is 5.11 Å². The summed E-state index contributed by atoms with van der Waals surface area (Å²) in [5, 5.41) is 10.1. The van der Waals surface area contributed by atoms with Crippen molar-refractivity contribution in [1.82, 2.24) is 4.90 Å². The zero-order chi connectivity index (χ0) is 19.8. The van der Waals surface area contributed by atoms with Crippen LogP contribution in [0.5, 0.6) is 11.5 Å². The van der Waals surface area contributed by atoms with Gasteiger partial charge in [-0.1, -0.05) is 36.4 Å². The number of aliphatic hydroxyl groups excluding tert-OH is 1. The first-order valence-corrected chi connectivity index (χ1v) is 10.3. The Labute approximate surface area is 169 Å². The molecule has 0 aliphatic carbocycles. The van der Waals surface area contributed by atoms with E-state index in [0.29, 0.717) is 12.6 Å². The molecule has 0 radical (unpaired) electrons. The molecule has 4 heteroatoms. The molecular weight excluding hydrogens is 350 g/mol. The maximum absolute atomic E-state index is 10.1. The molecule has 1 aliphatic heterocycles. The molecule has 0 spiro atoms. The normalized spacial score (nSPS) is 17.8. The average Bonchev–Trinajstić information content (AvgIpc) is 2.75. The number of nitrogens with zero attached hydrogens (tertiary/aromatic N) is 1. The maximum Gasteiger partial charge on any atom is 0.122 e. The standard InChI is InChI=1S/C24H33NO3/c1-20(18-21-8-6-7-11-23(21)27-2)25-15-12-24(19-26,13-16-25)14-17-28-22-9-4-3-5-10-22/h3-11,20,26H,12-19H2,1-2H3/t20-/m1/s1. The largest absolute Gasteiger partial charge is 0.496 e. The van der Waals surface area contributed by atoms with Gasteiger partial charge in [-0.05, 0) is 74.9 Å². The lowest BCUT2D eigenvalue weighted by atomic mass is 9.76. The smallest absolute Gasteiger partial charge is 0.122 e. The molecule has 1 aliphatic rings. The minimum absolute atomic E-state index is 0.0184. The zero-order valence-electron chi connectivity index (χ0n) is 17.1. The number of benzene rings is 2. The van der Waals surface area contributed by atoms with Gasteiger partial charge in [0.1, 0.15) is 11.5 Å². The lowest BCUT2D eigenvalue weighted by molar-refractivity contribution is 0.0151. The van der Waals surface area contributed by atoms with Gasteiger partial charge in [0.25, 0.3) is 0 Å². The van der Waals surface area contributed by atoms with Crippen LogP contribution in [-0.4, -0.2) is 49.5 Å². The van der Waals surface area contributed by atoms with Crippen LogP contribution in [0.25, 0.3) is 0 Å². The Morgan fingerprint density at radius 3 is 2.39 bits per heavy atom. The summed E-state index contributed by atoms with van der Waals surface area (Å²) in [5.74, 6) is 1.87. The summed E-state index contributed by atoms with van der Waals surface area (Å²) in [6.45, 7) is 5.21. The Balaban J connectivity index is 1.50. The van der Waals surface area contributed by atoms with Gasteiger partial charge < -0.3 is 19.5 Å². The van der Waals surface area contributed by atoms with E-state index in [-0.39, 0.29) is 12.0 Å². The first-order valence-electron chi connectivity index (χ1n) is 10.3. The molecular formula is C24H33NO3. The second-order valence-corrected chi connectivity index (χ2v) is 7.97. The summed E-state index contributed by atoms with van der Waals surface area (Å²) in [6, 6.07) is 18.6. The molecule has 3 rings (SSSR count). The minimum Gasteiger partial charge on any atom is -0.496 e. The van der Waals surface area contributed by atoms with Crippen molar-refractivity contribution in [3.8, 4) is 11.5 Å². The van der Waals surface area contributed by atoms with Gasteiger partial charge in [0.15, 0.2) is 0 Å². The highest BCUT2D eigenvalue weighted by Crippen LogP contribution is 2.36. The van der Waals surface area contributed by atoms with Gasteiger partial charge in [-0.3, -0.25) is 0 Å². The molecule has 0 amide bonds. The van der Waals surface area contributed by atoms with E-state index >= 15 is 0 Å². The van der Waals surface area contributed by atoms with E-state index in [1.807, 2.05) is 42.5 Å². The second kappa shape index (κ2) is 9.94. The van der Waals surface area contributed by atoms with Gasteiger partial charge >= 0.3 is 0 Å². The molecule has 1 saturated heterocycles. The van der Waals surface area contributed by atoms with E-state index in [2.05, 4.69) is 24.0 Å². The Hall–Kier alpha value is -2.04. The van der Waals surface area contributed by atoms with Crippen LogP contribution in [0.4, 0.5) is 0 Å². The van der Waals surface area contributed by atoms with Crippen molar-refractivity contribution in [2.24, 2.45) is 5.41 Å². The Bertz CT molecular complexity index is 711. The van der Waals surface area contributed by atoms with Gasteiger partial charge in [-0.2, -0.15) is 0 Å². The van der Waals surface area contributed by atoms with Crippen LogP contribution in [-0.2, 0) is 6.42 Å². The Morgan fingerprint density at radius 2 is 1.71 bits per heavy atom. The summed E-state index contributed by atoms with van der Waals surface area (Å²) < 4.78 is 11.4. The number of hydrogen-bond donors (Lipinski definition) is 1. The highest BCUT2D eigenvalue weighted by Gasteiger charge is 2.35. The molecule has 2 aromatic carbocycles. The van der Waals surface area contributed by atoms with Crippen LogP contribution >= 0.6 is 0 Å². The number of aliphatic hydroxyl groups is 1. The Kier molecular flexibility index (Phi) is 7.35. The first-order chi connectivity index (χ1) is 13.7. The molecule has 28 heavy (non-hydrogen) atoms. The molecule has 0 aromatic heterocycles. The predicted octanol–water partition coefficient (Wildman–Crippen LogP) is 4.17. The predicted molar refractivity (Wildman–Crippen MR) is 113 cm³/mol. The number of para-hydroxylation sites is 2. The molecule has 0 bridgehead atoms. The van der Waals surface area contributed by atoms with Crippen molar-refractivity contribution in [3.05, 3.63) is 60.2 Å². The minimum atomic E-state index is -0.0184. The van der Waals surface area contributed by atoms with Crippen LogP contribution in [0.1, 0.15) is 31.7 Å². The molecule has 4 nitrogen and oxygen atoms in total. The number of hydrogen-bond acceptors (Lipinski definition) is 4. The highest BCUT2D eigenvalue weighted by molar-refractivity contribution is 5.33. The van der Waals surface area contributed by atoms with Crippen LogP contribution < -0.4 is 9.47 Å². The fourth-order valence-corrected chi connectivity index (χ4v) is 4.15. The molecule has 1 heterocycles. The lowest BCUT2D eigenvalue weighted by Gasteiger charge is -2.43. The van der Waals surface area contributed by atoms with Crippen LogP contribution in [0.3, 0.4) is 0 Å². The van der Waals surface area contributed by atoms with E-state index in [1.54, 1.807) is 7.11 Å². The number of rotatable bonds is 9. The molecule has 1 N–H and O–H groups in total. The van der Waals surface area contributed by atoms with E-state index in [4.69, 9.17) is 9.47 Å². The Morgan fingerprint density at radius 1 is 1.04 bits per heavy atom. The van der Waals surface area contributed by atoms with Gasteiger partial charge in [0.05, 0.1) is 13.7 Å². The van der Waals surface area contributed by atoms with E-state index in [1.165, 1.54) is 5.56 Å². The van der Waals surface area contributed by atoms with Crippen molar-refractivity contribution in [2.45, 2.75) is 38.6 Å². The highest BCUT2D eigenvalue weighted by atomic mass is 16.5. The topological polar surface area (TPSA) is 41.9 Å². The number of ether oxygens (including phenoxy) is 2. The van der Waals surface area contributed by atoms with Gasteiger partial charge in [-0.25, -0.2) is 0 Å². The molecule has 152 valence electrons. The van der Waals surface area contributed by atoms with Crippen molar-refractivity contribution >= 4 is 0 Å². The van der Waals surface area contributed by atoms with Crippen molar-refractivity contribution in [3.63, 3.8) is 0 Å². The van der Waals surface area contributed by atoms with Crippen LogP contribution in [0, 0.1) is 5.41 Å². The maximum atomic E-state index is 10.1. The SMILES string of the molecule is COc1ccccc1C[C@@H](C)N1CCC(CO)(CCOc2ccccc2)CC1. The van der Waals surface area contributed by atoms with E-state index in [0.717, 1.165) is 50.3 Å². The average molecular weight is 384 g/mol. The number of likely N-dealkylation sites (tertiary alicyclic amines) is 1. The summed E-state index contributed by atoms with van der Waals surface area (Å²) in [6.07, 6.45) is 3.90. The third kappa shape index (κ3) is 5.27. The van der Waals surface area contributed by atoms with Gasteiger partial charge in [-0.15, -0.1) is 0 Å². The van der Waals surface area contributed by atoms with Gasteiger partial charge in [0.2, 0.25) is 0 Å². The second-order valence-electron chi connectivity index (χ2n) is 7.97. The van der Waals surface area contributed by atoms with Crippen LogP contribution in [0.15, 0.2) is 54.6 Å². The van der Waals surface area contributed by atoms with Crippen molar-refractivity contribution in [2.75, 3.05) is 33.4 Å². The fourth-order valence-electron chi connectivity index (χ4n) is 4.15. The number of piperidine rings is 1. The number of methoxy groups -OCH3 is 1. The van der Waals surface area contributed by atoms with Crippen molar-refractivity contribution < 1.29 is 14.6 Å². The zero-order valence-corrected chi connectivity index (χ0v) is 17.1. The summed E-state index contributed by atoms with van der Waals surface area (Å²) >= 11 is 0. The third-order valence-corrected chi connectivity index (χ3v) is 6.17. The van der Waals surface area contributed by atoms with Crippen LogP contribution in [0.2, 0.25) is 0 Å². The molecule has 1 fully saturated rings. The molecule has 0 unspecified atom stereocenters. The lowest BCUT2D eigenvalue weighted by Crippen LogP contribution is -2.46. The van der Waals surface area contributed by atoms with Crippen molar-refractivity contribution in [1.29, 1.82) is 0 Å². The monoisotopic (exact) mass is 383 g/mol. The summed E-state index contributed by atoms with van der Waals surface area (Å²) in [4.78, 5) is 2.54.